The summed E-state index contributed by atoms with van der Waals surface area (Å²) in [4.78, 5) is 17.4. The molecule has 2 heterocycles. The number of pyridine rings is 1. The van der Waals surface area contributed by atoms with E-state index >= 15 is 0 Å². The molecule has 1 saturated carbocycles. The summed E-state index contributed by atoms with van der Waals surface area (Å²) in [6, 6.07) is 20.4. The number of nitrogens with zero attached hydrogens (tertiary/aromatic N) is 1. The Bertz CT molecular complexity index is 1040. The van der Waals surface area contributed by atoms with E-state index in [1.807, 2.05) is 49.5 Å². The number of hydrogen-bond donors (Lipinski definition) is 1. The van der Waals surface area contributed by atoms with Gasteiger partial charge in [-0.15, -0.1) is 0 Å². The molecule has 0 radical (unpaired) electrons. The predicted octanol–water partition coefficient (Wildman–Crippen LogP) is 4.21. The summed E-state index contributed by atoms with van der Waals surface area (Å²) < 4.78 is 6.07. The number of amides is 1. The molecule has 1 aliphatic heterocycles. The molecule has 4 heteroatoms. The second-order valence-electron chi connectivity index (χ2n) is 8.15. The standard InChI is InChI=1S/C25H24N2O2/c1-17-7-9-22(26-15-17)18-8-10-23-19(13-18)14-21(29-23)16-27-24(28)25(11-12-25)20-5-3-2-4-6-20/h2-10,13,15,21H,11-12,14,16H2,1H3,(H,27,28). The van der Waals surface area contributed by atoms with Crippen molar-refractivity contribution < 1.29 is 9.53 Å². The second-order valence-corrected chi connectivity index (χ2v) is 8.15. The molecule has 1 atom stereocenters. The molecule has 1 unspecified atom stereocenters. The van der Waals surface area contributed by atoms with E-state index in [9.17, 15) is 4.79 Å². The maximum Gasteiger partial charge on any atom is 0.230 e. The Labute approximate surface area is 170 Å². The zero-order chi connectivity index (χ0) is 19.8. The van der Waals surface area contributed by atoms with E-state index in [2.05, 4.69) is 34.6 Å². The number of benzene rings is 2. The SMILES string of the molecule is Cc1ccc(-c2ccc3c(c2)CC(CNC(=O)C2(c4ccccc4)CC2)O3)nc1. The largest absolute Gasteiger partial charge is 0.488 e. The maximum atomic E-state index is 12.8. The lowest BCUT2D eigenvalue weighted by atomic mass is 9.95. The molecular formula is C25H24N2O2. The van der Waals surface area contributed by atoms with Crippen molar-refractivity contribution in [3.8, 4) is 17.0 Å². The minimum absolute atomic E-state index is 0.0262. The Morgan fingerprint density at radius 3 is 2.69 bits per heavy atom. The average Bonchev–Trinajstić information content (AvgIpc) is 3.47. The number of aryl methyl sites for hydroxylation is 1. The van der Waals surface area contributed by atoms with Gasteiger partial charge in [-0.1, -0.05) is 36.4 Å². The van der Waals surface area contributed by atoms with Gasteiger partial charge in [0, 0.05) is 18.2 Å². The van der Waals surface area contributed by atoms with Crippen molar-refractivity contribution >= 4 is 5.91 Å². The minimum Gasteiger partial charge on any atom is -0.488 e. The third-order valence-electron chi connectivity index (χ3n) is 6.01. The van der Waals surface area contributed by atoms with Gasteiger partial charge in [-0.05, 0) is 60.7 Å². The lowest BCUT2D eigenvalue weighted by Gasteiger charge is -2.18. The zero-order valence-corrected chi connectivity index (χ0v) is 16.5. The highest BCUT2D eigenvalue weighted by Gasteiger charge is 2.51. The fraction of sp³-hybridized carbons (Fsp3) is 0.280. The molecule has 29 heavy (non-hydrogen) atoms. The van der Waals surface area contributed by atoms with Crippen molar-refractivity contribution in [1.82, 2.24) is 10.3 Å². The van der Waals surface area contributed by atoms with Gasteiger partial charge in [0.15, 0.2) is 0 Å². The smallest absolute Gasteiger partial charge is 0.230 e. The Kier molecular flexibility index (Phi) is 4.35. The van der Waals surface area contributed by atoms with Crippen LogP contribution < -0.4 is 10.1 Å². The van der Waals surface area contributed by atoms with E-state index in [-0.39, 0.29) is 17.4 Å². The van der Waals surface area contributed by atoms with Crippen LogP contribution in [0.25, 0.3) is 11.3 Å². The maximum absolute atomic E-state index is 12.8. The van der Waals surface area contributed by atoms with E-state index in [4.69, 9.17) is 4.74 Å². The van der Waals surface area contributed by atoms with Crippen LogP contribution in [-0.4, -0.2) is 23.5 Å². The molecule has 2 aromatic carbocycles. The Balaban J connectivity index is 1.23. The summed E-state index contributed by atoms with van der Waals surface area (Å²) in [5.74, 6) is 1.03. The van der Waals surface area contributed by atoms with Gasteiger partial charge < -0.3 is 10.1 Å². The van der Waals surface area contributed by atoms with Gasteiger partial charge in [-0.2, -0.15) is 0 Å². The fourth-order valence-corrected chi connectivity index (χ4v) is 4.14. The molecule has 1 fully saturated rings. The summed E-state index contributed by atoms with van der Waals surface area (Å²) in [5, 5.41) is 3.14. The molecule has 1 amide bonds. The molecule has 1 aliphatic carbocycles. The third kappa shape index (κ3) is 3.39. The molecule has 146 valence electrons. The van der Waals surface area contributed by atoms with Gasteiger partial charge in [0.2, 0.25) is 5.91 Å². The molecule has 5 rings (SSSR count). The van der Waals surface area contributed by atoms with Crippen LogP contribution in [0.15, 0.2) is 66.9 Å². The van der Waals surface area contributed by atoms with E-state index < -0.39 is 0 Å². The monoisotopic (exact) mass is 384 g/mol. The molecule has 3 aromatic rings. The highest BCUT2D eigenvalue weighted by atomic mass is 16.5. The molecule has 0 spiro atoms. The fourth-order valence-electron chi connectivity index (χ4n) is 4.14. The average molecular weight is 384 g/mol. The van der Waals surface area contributed by atoms with Crippen LogP contribution in [0.1, 0.15) is 29.5 Å². The molecule has 1 aromatic heterocycles. The van der Waals surface area contributed by atoms with Gasteiger partial charge in [0.25, 0.3) is 0 Å². The second kappa shape index (κ2) is 7.03. The first-order chi connectivity index (χ1) is 14.1. The zero-order valence-electron chi connectivity index (χ0n) is 16.5. The summed E-state index contributed by atoms with van der Waals surface area (Å²) >= 11 is 0. The van der Waals surface area contributed by atoms with Gasteiger partial charge in [0.05, 0.1) is 17.7 Å². The van der Waals surface area contributed by atoms with Gasteiger partial charge >= 0.3 is 0 Å². The van der Waals surface area contributed by atoms with Gasteiger partial charge in [-0.25, -0.2) is 0 Å². The van der Waals surface area contributed by atoms with Crippen LogP contribution in [0, 0.1) is 6.92 Å². The van der Waals surface area contributed by atoms with E-state index in [0.29, 0.717) is 6.54 Å². The number of fused-ring (bicyclic) bond motifs is 1. The normalized spacial score (nSPS) is 18.6. The van der Waals surface area contributed by atoms with E-state index in [0.717, 1.165) is 47.4 Å². The van der Waals surface area contributed by atoms with Gasteiger partial charge in [-0.3, -0.25) is 9.78 Å². The molecular weight excluding hydrogens is 360 g/mol. The van der Waals surface area contributed by atoms with Crippen molar-refractivity contribution in [1.29, 1.82) is 0 Å². The highest BCUT2D eigenvalue weighted by Crippen LogP contribution is 2.48. The van der Waals surface area contributed by atoms with E-state index in [1.54, 1.807) is 0 Å². The number of hydrogen-bond acceptors (Lipinski definition) is 3. The molecule has 0 saturated heterocycles. The first-order valence-electron chi connectivity index (χ1n) is 10.2. The van der Waals surface area contributed by atoms with Crippen molar-refractivity contribution in [2.45, 2.75) is 37.7 Å². The summed E-state index contributed by atoms with van der Waals surface area (Å²) in [6.45, 7) is 2.57. The molecule has 0 bridgehead atoms. The van der Waals surface area contributed by atoms with Crippen LogP contribution in [0.5, 0.6) is 5.75 Å². The highest BCUT2D eigenvalue weighted by molar-refractivity contribution is 5.91. The van der Waals surface area contributed by atoms with Crippen molar-refractivity contribution in [2.24, 2.45) is 0 Å². The van der Waals surface area contributed by atoms with Crippen LogP contribution in [0.3, 0.4) is 0 Å². The van der Waals surface area contributed by atoms with Crippen LogP contribution in [0.4, 0.5) is 0 Å². The predicted molar refractivity (Wildman–Crippen MR) is 113 cm³/mol. The Morgan fingerprint density at radius 2 is 1.97 bits per heavy atom. The lowest BCUT2D eigenvalue weighted by Crippen LogP contribution is -2.40. The van der Waals surface area contributed by atoms with Gasteiger partial charge in [0.1, 0.15) is 11.9 Å². The Morgan fingerprint density at radius 1 is 1.14 bits per heavy atom. The van der Waals surface area contributed by atoms with Crippen LogP contribution in [-0.2, 0) is 16.6 Å². The minimum atomic E-state index is -0.336. The number of rotatable bonds is 5. The van der Waals surface area contributed by atoms with Crippen molar-refractivity contribution in [2.75, 3.05) is 6.54 Å². The summed E-state index contributed by atoms with van der Waals surface area (Å²) in [5.41, 5.74) is 5.16. The summed E-state index contributed by atoms with van der Waals surface area (Å²) in [7, 11) is 0. The van der Waals surface area contributed by atoms with Crippen molar-refractivity contribution in [3.05, 3.63) is 83.6 Å². The van der Waals surface area contributed by atoms with E-state index in [1.165, 1.54) is 5.56 Å². The van der Waals surface area contributed by atoms with Crippen LogP contribution >= 0.6 is 0 Å². The number of ether oxygens (including phenoxy) is 1. The molecule has 1 N–H and O–H groups in total. The van der Waals surface area contributed by atoms with Crippen LogP contribution in [0.2, 0.25) is 0 Å². The number of carbonyl (C=O) groups excluding carboxylic acids is 1. The first-order valence-corrected chi connectivity index (χ1v) is 10.2. The first kappa shape index (κ1) is 17.9. The number of nitrogens with one attached hydrogen (secondary N) is 1. The number of aromatic nitrogens is 1. The number of carbonyl (C=O) groups is 1. The summed E-state index contributed by atoms with van der Waals surface area (Å²) in [6.07, 6.45) is 4.50. The Hall–Kier alpha value is -3.14. The topological polar surface area (TPSA) is 51.2 Å². The molecule has 2 aliphatic rings. The quantitative estimate of drug-likeness (QED) is 0.717. The third-order valence-corrected chi connectivity index (χ3v) is 6.01. The van der Waals surface area contributed by atoms with Crippen molar-refractivity contribution in [3.63, 3.8) is 0 Å². The molecule has 4 nitrogen and oxygen atoms in total. The lowest BCUT2D eigenvalue weighted by molar-refractivity contribution is -0.123.